The maximum atomic E-state index is 13.5. The van der Waals surface area contributed by atoms with Gasteiger partial charge in [-0.15, -0.1) is 10.2 Å². The minimum absolute atomic E-state index is 0.112. The van der Waals surface area contributed by atoms with Crippen LogP contribution in [0, 0.1) is 23.2 Å². The average Bonchev–Trinajstić information content (AvgIpc) is 3.02. The van der Waals surface area contributed by atoms with E-state index in [9.17, 15) is 18.0 Å². The third-order valence-electron chi connectivity index (χ3n) is 6.97. The lowest BCUT2D eigenvalue weighted by Crippen LogP contribution is -2.51. The maximum Gasteiger partial charge on any atom is 0.417 e. The number of hydrogen-bond donors (Lipinski definition) is 0. The Hall–Kier alpha value is -1.28. The topological polar surface area (TPSA) is 47.3 Å². The number of alkyl halides is 3. The molecule has 0 aromatic carbocycles. The fourth-order valence-corrected chi connectivity index (χ4v) is 7.48. The van der Waals surface area contributed by atoms with Crippen molar-refractivity contribution in [3.8, 4) is 0 Å². The van der Waals surface area contributed by atoms with Crippen LogP contribution < -0.4 is 0 Å². The van der Waals surface area contributed by atoms with Crippen molar-refractivity contribution in [1.29, 1.82) is 0 Å². The average molecular weight is 444 g/mol. The Morgan fingerprint density at radius 3 is 2.34 bits per heavy atom. The predicted molar refractivity (Wildman–Crippen MR) is 104 cm³/mol. The molecule has 0 saturated heterocycles. The molecule has 4 fully saturated rings. The summed E-state index contributed by atoms with van der Waals surface area (Å²) in [5.41, 5.74) is -0.954. The van der Waals surface area contributed by atoms with E-state index in [1.807, 2.05) is 6.92 Å². The zero-order chi connectivity index (χ0) is 20.6. The summed E-state index contributed by atoms with van der Waals surface area (Å²) in [6, 6.07) is 0.851. The number of rotatable bonds is 4. The number of ketones is 1. The summed E-state index contributed by atoms with van der Waals surface area (Å²) in [4.78, 5) is 13.5. The molecule has 1 atom stereocenters. The smallest absolute Gasteiger partial charge is 0.298 e. The number of halogens is 4. The van der Waals surface area contributed by atoms with Crippen LogP contribution in [0.1, 0.15) is 51.0 Å². The number of carbonyl (C=O) groups is 1. The Balaban J connectivity index is 1.42. The van der Waals surface area contributed by atoms with Crippen molar-refractivity contribution >= 4 is 34.8 Å². The molecule has 4 aliphatic carbocycles. The first-order valence-corrected chi connectivity index (χ1v) is 11.2. The molecule has 0 amide bonds. The predicted octanol–water partition coefficient (Wildman–Crippen LogP) is 5.67. The van der Waals surface area contributed by atoms with E-state index in [0.29, 0.717) is 17.8 Å². The molecule has 4 aliphatic rings. The van der Waals surface area contributed by atoms with Gasteiger partial charge in [0.15, 0.2) is 16.6 Å². The van der Waals surface area contributed by atoms with E-state index in [2.05, 4.69) is 10.2 Å². The van der Waals surface area contributed by atoms with Crippen molar-refractivity contribution in [2.24, 2.45) is 23.2 Å². The van der Waals surface area contributed by atoms with E-state index in [1.165, 1.54) is 35.4 Å². The van der Waals surface area contributed by atoms with Crippen molar-refractivity contribution in [1.82, 2.24) is 14.6 Å². The monoisotopic (exact) mass is 443 g/mol. The van der Waals surface area contributed by atoms with Crippen molar-refractivity contribution in [3.05, 3.63) is 22.8 Å². The molecule has 29 heavy (non-hydrogen) atoms. The molecule has 6 rings (SSSR count). The van der Waals surface area contributed by atoms with Gasteiger partial charge >= 0.3 is 6.18 Å². The van der Waals surface area contributed by atoms with Gasteiger partial charge in [-0.3, -0.25) is 9.20 Å². The number of carbonyl (C=O) groups excluding carboxylic acids is 1. The summed E-state index contributed by atoms with van der Waals surface area (Å²) in [7, 11) is 0. The number of hydrogen-bond acceptors (Lipinski definition) is 4. The van der Waals surface area contributed by atoms with E-state index in [1.54, 1.807) is 0 Å². The van der Waals surface area contributed by atoms with Crippen LogP contribution in [0.4, 0.5) is 13.2 Å². The summed E-state index contributed by atoms with van der Waals surface area (Å²) in [6.07, 6.45) is 3.08. The van der Waals surface area contributed by atoms with Crippen LogP contribution in [0.25, 0.3) is 5.65 Å². The van der Waals surface area contributed by atoms with Crippen LogP contribution >= 0.6 is 23.4 Å². The Bertz CT molecular complexity index is 954. The van der Waals surface area contributed by atoms with E-state index in [-0.39, 0.29) is 27.0 Å². The minimum atomic E-state index is -4.52. The van der Waals surface area contributed by atoms with E-state index >= 15 is 0 Å². The second-order valence-corrected chi connectivity index (χ2v) is 10.8. The van der Waals surface area contributed by atoms with E-state index in [0.717, 1.165) is 31.5 Å². The standard InChI is InChI=1S/C20H21ClF3N3OS/c1-10(16(28)19-6-11-2-12(7-19)4-13(3-11)8-19)29-18-26-25-17-15(21)5-14(9-27(17)18)20(22,23)24/h5,9-13H,2-4,6-8H2,1H3. The van der Waals surface area contributed by atoms with Crippen LogP contribution in [-0.4, -0.2) is 25.6 Å². The van der Waals surface area contributed by atoms with Crippen molar-refractivity contribution < 1.29 is 18.0 Å². The third-order valence-corrected chi connectivity index (χ3v) is 8.30. The highest BCUT2D eigenvalue weighted by Gasteiger charge is 2.55. The van der Waals surface area contributed by atoms with Crippen LogP contribution in [0.5, 0.6) is 0 Å². The van der Waals surface area contributed by atoms with Crippen molar-refractivity contribution in [2.45, 2.75) is 62.0 Å². The Morgan fingerprint density at radius 1 is 1.21 bits per heavy atom. The van der Waals surface area contributed by atoms with Crippen LogP contribution in [0.2, 0.25) is 5.02 Å². The van der Waals surface area contributed by atoms with Gasteiger partial charge in [0.2, 0.25) is 0 Å². The number of thioether (sulfide) groups is 1. The third kappa shape index (κ3) is 3.26. The lowest BCUT2D eigenvalue weighted by atomic mass is 9.48. The lowest BCUT2D eigenvalue weighted by Gasteiger charge is -2.56. The summed E-state index contributed by atoms with van der Waals surface area (Å²) in [5, 5.41) is 7.70. The van der Waals surface area contributed by atoms with Gasteiger partial charge in [-0.2, -0.15) is 13.2 Å². The quantitative estimate of drug-likeness (QED) is 0.571. The van der Waals surface area contributed by atoms with Gasteiger partial charge in [-0.25, -0.2) is 0 Å². The molecule has 1 unspecified atom stereocenters. The highest BCUT2D eigenvalue weighted by atomic mass is 35.5. The lowest BCUT2D eigenvalue weighted by molar-refractivity contribution is -0.143. The molecular weight excluding hydrogens is 423 g/mol. The summed E-state index contributed by atoms with van der Waals surface area (Å²) in [6.45, 7) is 1.84. The molecule has 2 aromatic rings. The number of aromatic nitrogens is 3. The fourth-order valence-electron chi connectivity index (χ4n) is 6.22. The second-order valence-electron chi connectivity index (χ2n) is 9.07. The fraction of sp³-hybridized carbons (Fsp3) is 0.650. The Labute approximate surface area is 175 Å². The van der Waals surface area contributed by atoms with Crippen LogP contribution in [0.15, 0.2) is 17.4 Å². The summed E-state index contributed by atoms with van der Waals surface area (Å²) < 4.78 is 40.8. The molecule has 0 spiro atoms. The maximum absolute atomic E-state index is 13.5. The summed E-state index contributed by atoms with van der Waals surface area (Å²) in [5.74, 6) is 2.19. The first-order valence-electron chi connectivity index (χ1n) is 9.97. The largest absolute Gasteiger partial charge is 0.417 e. The number of pyridine rings is 1. The number of nitrogens with zero attached hydrogens (tertiary/aromatic N) is 3. The van der Waals surface area contributed by atoms with Gasteiger partial charge in [-0.1, -0.05) is 23.4 Å². The number of fused-ring (bicyclic) bond motifs is 1. The highest BCUT2D eigenvalue weighted by molar-refractivity contribution is 8.00. The first-order chi connectivity index (χ1) is 13.6. The van der Waals surface area contributed by atoms with E-state index < -0.39 is 17.0 Å². The Kier molecular flexibility index (Phi) is 4.48. The minimum Gasteiger partial charge on any atom is -0.298 e. The normalized spacial score (nSPS) is 32.1. The zero-order valence-corrected chi connectivity index (χ0v) is 17.4. The zero-order valence-electron chi connectivity index (χ0n) is 15.9. The van der Waals surface area contributed by atoms with Crippen LogP contribution in [-0.2, 0) is 11.0 Å². The van der Waals surface area contributed by atoms with Gasteiger partial charge < -0.3 is 0 Å². The highest BCUT2D eigenvalue weighted by Crippen LogP contribution is 2.61. The summed E-state index contributed by atoms with van der Waals surface area (Å²) >= 11 is 7.17. The second kappa shape index (κ2) is 6.61. The van der Waals surface area contributed by atoms with Gasteiger partial charge in [0.05, 0.1) is 15.8 Å². The molecule has 156 valence electrons. The van der Waals surface area contributed by atoms with E-state index in [4.69, 9.17) is 11.6 Å². The molecule has 4 nitrogen and oxygen atoms in total. The molecule has 2 aromatic heterocycles. The van der Waals surface area contributed by atoms with Gasteiger partial charge in [0, 0.05) is 11.6 Å². The van der Waals surface area contributed by atoms with Crippen molar-refractivity contribution in [3.63, 3.8) is 0 Å². The molecule has 2 heterocycles. The van der Waals surface area contributed by atoms with Crippen LogP contribution in [0.3, 0.4) is 0 Å². The molecule has 0 radical (unpaired) electrons. The SMILES string of the molecule is CC(Sc1nnc2c(Cl)cc(C(F)(F)F)cn12)C(=O)C12CC3CC(CC(C3)C1)C2. The Morgan fingerprint density at radius 2 is 1.79 bits per heavy atom. The van der Waals surface area contributed by atoms with Crippen molar-refractivity contribution in [2.75, 3.05) is 0 Å². The van der Waals surface area contributed by atoms with Gasteiger partial charge in [0.25, 0.3) is 0 Å². The van der Waals surface area contributed by atoms with Gasteiger partial charge in [0.1, 0.15) is 0 Å². The molecule has 0 N–H and O–H groups in total. The number of Topliss-reactive ketones (excluding diaryl/α,β-unsaturated/α-hetero) is 1. The molecule has 0 aliphatic heterocycles. The molecular formula is C20H21ClF3N3OS. The molecule has 4 bridgehead atoms. The molecule has 4 saturated carbocycles. The first kappa shape index (κ1) is 19.7. The van der Waals surface area contributed by atoms with Gasteiger partial charge in [-0.05, 0) is 69.3 Å². The molecule has 9 heteroatoms.